The average molecular weight is 294 g/mol. The van der Waals surface area contributed by atoms with Crippen LogP contribution in [0.15, 0.2) is 54.6 Å². The van der Waals surface area contributed by atoms with Crippen LogP contribution in [0.5, 0.6) is 0 Å². The lowest BCUT2D eigenvalue weighted by atomic mass is 10.1. The number of aromatic nitrogens is 1. The van der Waals surface area contributed by atoms with Crippen LogP contribution in [-0.2, 0) is 13.0 Å². The van der Waals surface area contributed by atoms with E-state index < -0.39 is 0 Å². The molecule has 3 heteroatoms. The summed E-state index contributed by atoms with van der Waals surface area (Å²) in [6, 6.07) is 18.9. The predicted octanol–water partition coefficient (Wildman–Crippen LogP) is 4.50. The SMILES string of the molecule is CCc1ccc(-c2nc(-c3ccccc3)c(CN)s2)cc1. The Balaban J connectivity index is 2.02. The Kier molecular flexibility index (Phi) is 4.13. The van der Waals surface area contributed by atoms with Gasteiger partial charge >= 0.3 is 0 Å². The highest BCUT2D eigenvalue weighted by Gasteiger charge is 2.12. The second-order valence-corrected chi connectivity index (χ2v) is 6.00. The molecule has 1 heterocycles. The number of thiazole rings is 1. The van der Waals surface area contributed by atoms with Gasteiger partial charge in [0.1, 0.15) is 5.01 Å². The highest BCUT2D eigenvalue weighted by Crippen LogP contribution is 2.33. The van der Waals surface area contributed by atoms with Crippen LogP contribution in [-0.4, -0.2) is 4.98 Å². The predicted molar refractivity (Wildman–Crippen MR) is 90.3 cm³/mol. The second kappa shape index (κ2) is 6.20. The molecule has 0 aliphatic carbocycles. The van der Waals surface area contributed by atoms with Gasteiger partial charge in [0.2, 0.25) is 0 Å². The molecule has 0 radical (unpaired) electrons. The van der Waals surface area contributed by atoms with E-state index in [-0.39, 0.29) is 0 Å². The molecule has 106 valence electrons. The molecule has 0 saturated carbocycles. The van der Waals surface area contributed by atoms with Crippen molar-refractivity contribution in [2.75, 3.05) is 0 Å². The Hall–Kier alpha value is -1.97. The number of rotatable bonds is 4. The van der Waals surface area contributed by atoms with Crippen LogP contribution >= 0.6 is 11.3 Å². The van der Waals surface area contributed by atoms with Gasteiger partial charge in [0.25, 0.3) is 0 Å². The first-order chi connectivity index (χ1) is 10.3. The normalized spacial score (nSPS) is 10.8. The second-order valence-electron chi connectivity index (χ2n) is 4.91. The molecule has 0 saturated heterocycles. The Bertz CT molecular complexity index is 715. The van der Waals surface area contributed by atoms with Crippen molar-refractivity contribution in [2.45, 2.75) is 19.9 Å². The number of nitrogens with zero attached hydrogens (tertiary/aromatic N) is 1. The van der Waals surface area contributed by atoms with Crippen molar-refractivity contribution in [1.82, 2.24) is 4.98 Å². The molecule has 2 aromatic carbocycles. The molecule has 0 spiro atoms. The van der Waals surface area contributed by atoms with Gasteiger partial charge in [0.15, 0.2) is 0 Å². The third kappa shape index (κ3) is 2.89. The largest absolute Gasteiger partial charge is 0.326 e. The maximum atomic E-state index is 5.90. The van der Waals surface area contributed by atoms with Crippen LogP contribution in [0.4, 0.5) is 0 Å². The molecule has 2 nitrogen and oxygen atoms in total. The van der Waals surface area contributed by atoms with E-state index >= 15 is 0 Å². The summed E-state index contributed by atoms with van der Waals surface area (Å²) < 4.78 is 0. The van der Waals surface area contributed by atoms with Crippen molar-refractivity contribution >= 4 is 11.3 Å². The van der Waals surface area contributed by atoms with Crippen molar-refractivity contribution < 1.29 is 0 Å². The third-order valence-electron chi connectivity index (χ3n) is 3.54. The molecule has 0 atom stereocenters. The number of hydrogen-bond acceptors (Lipinski definition) is 3. The summed E-state index contributed by atoms with van der Waals surface area (Å²) in [5, 5.41) is 1.04. The fourth-order valence-corrected chi connectivity index (χ4v) is 3.29. The summed E-state index contributed by atoms with van der Waals surface area (Å²) >= 11 is 1.68. The Morgan fingerprint density at radius 1 is 0.952 bits per heavy atom. The standard InChI is InChI=1S/C18H18N2S/c1-2-13-8-10-15(11-9-13)18-20-17(16(12-19)21-18)14-6-4-3-5-7-14/h3-11H,2,12,19H2,1H3. The molecular weight excluding hydrogens is 276 g/mol. The minimum absolute atomic E-state index is 0.523. The first kappa shape index (κ1) is 14.0. The monoisotopic (exact) mass is 294 g/mol. The van der Waals surface area contributed by atoms with Gasteiger partial charge in [0, 0.05) is 22.5 Å². The lowest BCUT2D eigenvalue weighted by molar-refractivity contribution is 1.10. The number of benzene rings is 2. The molecule has 1 aromatic heterocycles. The molecule has 0 fully saturated rings. The Labute approximate surface area is 129 Å². The zero-order valence-corrected chi connectivity index (χ0v) is 12.9. The zero-order chi connectivity index (χ0) is 14.7. The molecule has 0 bridgehead atoms. The number of hydrogen-bond donors (Lipinski definition) is 1. The summed E-state index contributed by atoms with van der Waals surface area (Å²) in [5.41, 5.74) is 10.5. The summed E-state index contributed by atoms with van der Waals surface area (Å²) in [6.07, 6.45) is 1.06. The molecule has 0 amide bonds. The summed E-state index contributed by atoms with van der Waals surface area (Å²) in [4.78, 5) is 5.95. The topological polar surface area (TPSA) is 38.9 Å². The van der Waals surface area contributed by atoms with E-state index in [1.807, 2.05) is 18.2 Å². The van der Waals surface area contributed by atoms with E-state index in [4.69, 9.17) is 10.7 Å². The van der Waals surface area contributed by atoms with E-state index in [0.29, 0.717) is 6.54 Å². The van der Waals surface area contributed by atoms with E-state index in [1.165, 1.54) is 5.56 Å². The molecule has 0 aliphatic rings. The van der Waals surface area contributed by atoms with Crippen molar-refractivity contribution in [3.8, 4) is 21.8 Å². The minimum atomic E-state index is 0.523. The van der Waals surface area contributed by atoms with Crippen LogP contribution in [0, 0.1) is 0 Å². The molecule has 3 aromatic rings. The van der Waals surface area contributed by atoms with Gasteiger partial charge in [0.05, 0.1) is 5.69 Å². The fourth-order valence-electron chi connectivity index (χ4n) is 2.32. The van der Waals surface area contributed by atoms with Crippen LogP contribution < -0.4 is 5.73 Å². The molecule has 2 N–H and O–H groups in total. The molecule has 21 heavy (non-hydrogen) atoms. The van der Waals surface area contributed by atoms with Gasteiger partial charge in [-0.05, 0) is 12.0 Å². The summed E-state index contributed by atoms with van der Waals surface area (Å²) in [6.45, 7) is 2.69. The van der Waals surface area contributed by atoms with Gasteiger partial charge in [-0.1, -0.05) is 61.5 Å². The molecular formula is C18H18N2S. The Morgan fingerprint density at radius 2 is 1.67 bits per heavy atom. The van der Waals surface area contributed by atoms with Gasteiger partial charge in [-0.2, -0.15) is 0 Å². The average Bonchev–Trinajstić information content (AvgIpc) is 3.00. The van der Waals surface area contributed by atoms with Gasteiger partial charge in [-0.25, -0.2) is 4.98 Å². The van der Waals surface area contributed by atoms with E-state index in [0.717, 1.165) is 33.1 Å². The molecule has 0 aliphatic heterocycles. The fraction of sp³-hybridized carbons (Fsp3) is 0.167. The maximum absolute atomic E-state index is 5.90. The number of aryl methyl sites for hydroxylation is 1. The lowest BCUT2D eigenvalue weighted by Gasteiger charge is -1.99. The van der Waals surface area contributed by atoms with Gasteiger partial charge < -0.3 is 5.73 Å². The van der Waals surface area contributed by atoms with Gasteiger partial charge in [-0.3, -0.25) is 0 Å². The van der Waals surface area contributed by atoms with Crippen LogP contribution in [0.3, 0.4) is 0 Å². The first-order valence-corrected chi connectivity index (χ1v) is 7.98. The summed E-state index contributed by atoms with van der Waals surface area (Å²) in [5.74, 6) is 0. The van der Waals surface area contributed by atoms with Crippen molar-refractivity contribution in [3.05, 3.63) is 65.0 Å². The molecule has 3 rings (SSSR count). The van der Waals surface area contributed by atoms with Crippen molar-refractivity contribution in [2.24, 2.45) is 5.73 Å². The van der Waals surface area contributed by atoms with Crippen LogP contribution in [0.1, 0.15) is 17.4 Å². The quantitative estimate of drug-likeness (QED) is 0.769. The lowest BCUT2D eigenvalue weighted by Crippen LogP contribution is -1.95. The summed E-state index contributed by atoms with van der Waals surface area (Å²) in [7, 11) is 0. The van der Waals surface area contributed by atoms with Crippen LogP contribution in [0.25, 0.3) is 21.8 Å². The van der Waals surface area contributed by atoms with E-state index in [2.05, 4.69) is 43.3 Å². The van der Waals surface area contributed by atoms with Gasteiger partial charge in [-0.15, -0.1) is 11.3 Å². The third-order valence-corrected chi connectivity index (χ3v) is 4.67. The van der Waals surface area contributed by atoms with E-state index in [1.54, 1.807) is 11.3 Å². The Morgan fingerprint density at radius 3 is 2.29 bits per heavy atom. The zero-order valence-electron chi connectivity index (χ0n) is 12.0. The maximum Gasteiger partial charge on any atom is 0.124 e. The highest BCUT2D eigenvalue weighted by atomic mass is 32.1. The first-order valence-electron chi connectivity index (χ1n) is 7.16. The molecule has 0 unspecified atom stereocenters. The van der Waals surface area contributed by atoms with Crippen LogP contribution in [0.2, 0.25) is 0 Å². The van der Waals surface area contributed by atoms with Crippen molar-refractivity contribution in [1.29, 1.82) is 0 Å². The number of nitrogens with two attached hydrogens (primary N) is 1. The van der Waals surface area contributed by atoms with Crippen molar-refractivity contribution in [3.63, 3.8) is 0 Å². The highest BCUT2D eigenvalue weighted by molar-refractivity contribution is 7.15. The minimum Gasteiger partial charge on any atom is -0.326 e. The smallest absolute Gasteiger partial charge is 0.124 e. The van der Waals surface area contributed by atoms with E-state index in [9.17, 15) is 0 Å².